The molecule has 7 amide bonds. The Morgan fingerprint density at radius 1 is 0.714 bits per heavy atom. The maximum Gasteiger partial charge on any atom is 0.325 e. The van der Waals surface area contributed by atoms with Crippen molar-refractivity contribution in [3.63, 3.8) is 0 Å². The standard InChI is InChI=1S/C40H74N12O11/c1-8-21(4)29(49-32(55)25(42)13-9-10-16-41)38(61)52-18-12-15-28(52)35(58)47-26(14-11-17-45-40(43)44)33(56)50-31(24(7)54)37(60)48-27(19-20(2)3)34(57)51-30(23(6)53)36(59)46-22(5)39(62)63/h20-31,53-54H,8-19,41-42H2,1-7H3,(H,46,59)(H,47,58)(H,48,60)(H,49,55)(H,50,56)(H,51,57)(H,62,63)(H4,43,44,45)/t21-,22-,23+,24+,25-,26-,27-,28-,29-,30-,31-/m0/s1. The molecule has 0 radical (unpaired) electrons. The molecule has 1 heterocycles. The Kier molecular flexibility index (Phi) is 24.7. The predicted octanol–water partition coefficient (Wildman–Crippen LogP) is -3.65. The van der Waals surface area contributed by atoms with Crippen LogP contribution < -0.4 is 54.8 Å². The first kappa shape index (κ1) is 55.9. The van der Waals surface area contributed by atoms with Gasteiger partial charge in [-0.25, -0.2) is 0 Å². The molecular weight excluding hydrogens is 825 g/mol. The van der Waals surface area contributed by atoms with Crippen LogP contribution in [0.15, 0.2) is 4.99 Å². The quantitative estimate of drug-likeness (QED) is 0.0205. The van der Waals surface area contributed by atoms with E-state index in [-0.39, 0.29) is 56.6 Å². The van der Waals surface area contributed by atoms with Gasteiger partial charge in [0.1, 0.15) is 42.3 Å². The van der Waals surface area contributed by atoms with Gasteiger partial charge in [0.05, 0.1) is 18.2 Å². The Labute approximate surface area is 369 Å². The van der Waals surface area contributed by atoms with Crippen LogP contribution in [0.2, 0.25) is 0 Å². The second-order valence-corrected chi connectivity index (χ2v) is 16.7. The number of carboxylic acid groups (broad SMARTS) is 1. The molecule has 0 aliphatic carbocycles. The van der Waals surface area contributed by atoms with E-state index in [4.69, 9.17) is 22.9 Å². The molecule has 0 bridgehead atoms. The number of nitrogens with one attached hydrogen (secondary N) is 6. The highest BCUT2D eigenvalue weighted by atomic mass is 16.4. The minimum atomic E-state index is -1.68. The van der Waals surface area contributed by atoms with Gasteiger partial charge in [-0.15, -0.1) is 0 Å². The van der Waals surface area contributed by atoms with E-state index in [9.17, 15) is 53.7 Å². The third-order valence-corrected chi connectivity index (χ3v) is 10.7. The van der Waals surface area contributed by atoms with Crippen molar-refractivity contribution in [1.29, 1.82) is 0 Å². The Balaban J connectivity index is 3.35. The number of nitrogens with two attached hydrogens (primary N) is 4. The summed E-state index contributed by atoms with van der Waals surface area (Å²) in [5.41, 5.74) is 22.6. The first-order valence-corrected chi connectivity index (χ1v) is 21.7. The number of carbonyl (C=O) groups excluding carboxylic acids is 7. The minimum absolute atomic E-state index is 0.000970. The molecule has 0 aromatic rings. The molecule has 1 aliphatic heterocycles. The molecule has 1 saturated heterocycles. The number of amides is 7. The molecule has 0 spiro atoms. The van der Waals surface area contributed by atoms with Crippen molar-refractivity contribution in [1.82, 2.24) is 36.8 Å². The van der Waals surface area contributed by atoms with Crippen LogP contribution >= 0.6 is 0 Å². The number of unbranched alkanes of at least 4 members (excludes halogenated alkanes) is 1. The summed E-state index contributed by atoms with van der Waals surface area (Å²) in [6.07, 6.45) is -0.00973. The fourth-order valence-corrected chi connectivity index (χ4v) is 6.75. The molecule has 23 heteroatoms. The summed E-state index contributed by atoms with van der Waals surface area (Å²) in [6, 6.07) is -10.2. The molecule has 1 fully saturated rings. The number of aliphatic hydroxyl groups is 2. The molecule has 17 N–H and O–H groups in total. The molecular formula is C40H74N12O11. The summed E-state index contributed by atoms with van der Waals surface area (Å²) in [5, 5.41) is 45.1. The van der Waals surface area contributed by atoms with Crippen molar-refractivity contribution in [2.75, 3.05) is 19.6 Å². The lowest BCUT2D eigenvalue weighted by atomic mass is 9.96. The number of hydrogen-bond acceptors (Lipinski definition) is 13. The van der Waals surface area contributed by atoms with Crippen LogP contribution in [0.25, 0.3) is 0 Å². The molecule has 0 aromatic heterocycles. The van der Waals surface area contributed by atoms with Gasteiger partial charge < -0.3 is 75.1 Å². The summed E-state index contributed by atoms with van der Waals surface area (Å²) < 4.78 is 0. The Hall–Kier alpha value is -5.13. The lowest BCUT2D eigenvalue weighted by molar-refractivity contribution is -0.143. The topological polar surface area (TPSA) is 389 Å². The Morgan fingerprint density at radius 2 is 1.27 bits per heavy atom. The number of carbonyl (C=O) groups is 8. The lowest BCUT2D eigenvalue weighted by Gasteiger charge is -2.32. The van der Waals surface area contributed by atoms with Gasteiger partial charge >= 0.3 is 5.97 Å². The maximum absolute atomic E-state index is 14.1. The number of carboxylic acids is 1. The van der Waals surface area contributed by atoms with Crippen LogP contribution in [0.1, 0.15) is 106 Å². The van der Waals surface area contributed by atoms with Crippen LogP contribution in [0, 0.1) is 11.8 Å². The molecule has 0 saturated carbocycles. The fourth-order valence-electron chi connectivity index (χ4n) is 6.75. The van der Waals surface area contributed by atoms with Crippen molar-refractivity contribution in [3.8, 4) is 0 Å². The van der Waals surface area contributed by atoms with E-state index in [1.165, 1.54) is 25.7 Å². The molecule has 11 atom stereocenters. The van der Waals surface area contributed by atoms with E-state index in [1.54, 1.807) is 20.8 Å². The lowest BCUT2D eigenvalue weighted by Crippen LogP contribution is -2.62. The van der Waals surface area contributed by atoms with Crippen molar-refractivity contribution >= 4 is 53.3 Å². The van der Waals surface area contributed by atoms with E-state index < -0.39 is 108 Å². The third kappa shape index (κ3) is 19.0. The van der Waals surface area contributed by atoms with Crippen molar-refractivity contribution in [2.45, 2.75) is 167 Å². The maximum atomic E-state index is 14.1. The van der Waals surface area contributed by atoms with E-state index >= 15 is 0 Å². The van der Waals surface area contributed by atoms with Crippen molar-refractivity contribution < 1.29 is 53.7 Å². The molecule has 0 unspecified atom stereocenters. The first-order valence-electron chi connectivity index (χ1n) is 21.7. The van der Waals surface area contributed by atoms with Gasteiger partial charge in [0.2, 0.25) is 41.4 Å². The summed E-state index contributed by atoms with van der Waals surface area (Å²) in [5.74, 6) is -7.60. The average molecular weight is 899 g/mol. The summed E-state index contributed by atoms with van der Waals surface area (Å²) in [4.78, 5) is 112. The zero-order chi connectivity index (χ0) is 48.1. The summed E-state index contributed by atoms with van der Waals surface area (Å²) in [6.45, 7) is 11.5. The average Bonchev–Trinajstić information content (AvgIpc) is 3.70. The van der Waals surface area contributed by atoms with Crippen molar-refractivity contribution in [2.24, 2.45) is 39.8 Å². The van der Waals surface area contributed by atoms with Gasteiger partial charge in [-0.1, -0.05) is 40.5 Å². The van der Waals surface area contributed by atoms with Gasteiger partial charge in [-0.05, 0) is 84.1 Å². The van der Waals surface area contributed by atoms with Gasteiger partial charge in [0, 0.05) is 13.1 Å². The number of likely N-dealkylation sites (tertiary alicyclic amines) is 1. The SMILES string of the molecule is CC[C@H](C)[C@H](NC(=O)[C@@H](N)CCCCN)C(=O)N1CCC[C@H]1C(=O)N[C@@H](CCCN=C(N)N)C(=O)N[C@H](C(=O)N[C@@H](CC(C)C)C(=O)N[C@H](C(=O)N[C@@H](C)C(=O)O)[C@@H](C)O)[C@@H](C)O. The monoisotopic (exact) mass is 899 g/mol. The van der Waals surface area contributed by atoms with E-state index in [0.717, 1.165) is 0 Å². The van der Waals surface area contributed by atoms with Gasteiger partial charge in [0.15, 0.2) is 5.96 Å². The molecule has 0 aromatic carbocycles. The van der Waals surface area contributed by atoms with E-state index in [2.05, 4.69) is 36.9 Å². The number of nitrogens with zero attached hydrogens (tertiary/aromatic N) is 2. The second-order valence-electron chi connectivity index (χ2n) is 16.7. The van der Waals surface area contributed by atoms with Crippen LogP contribution in [-0.2, 0) is 38.4 Å². The molecule has 360 valence electrons. The van der Waals surface area contributed by atoms with Gasteiger partial charge in [0.25, 0.3) is 0 Å². The number of aliphatic carboxylic acids is 1. The number of hydrogen-bond donors (Lipinski definition) is 13. The van der Waals surface area contributed by atoms with Gasteiger partial charge in [-0.3, -0.25) is 43.3 Å². The number of guanidine groups is 1. The highest BCUT2D eigenvalue weighted by Gasteiger charge is 2.41. The number of aliphatic hydroxyl groups excluding tert-OH is 2. The smallest absolute Gasteiger partial charge is 0.325 e. The first-order chi connectivity index (χ1) is 29.5. The van der Waals surface area contributed by atoms with Gasteiger partial charge in [-0.2, -0.15) is 0 Å². The summed E-state index contributed by atoms with van der Waals surface area (Å²) >= 11 is 0. The zero-order valence-corrected chi connectivity index (χ0v) is 37.7. The van der Waals surface area contributed by atoms with E-state index in [1.807, 2.05) is 6.92 Å². The fraction of sp³-hybridized carbons (Fsp3) is 0.775. The summed E-state index contributed by atoms with van der Waals surface area (Å²) in [7, 11) is 0. The highest BCUT2D eigenvalue weighted by molar-refractivity contribution is 5.98. The van der Waals surface area contributed by atoms with Crippen LogP contribution in [0.5, 0.6) is 0 Å². The zero-order valence-electron chi connectivity index (χ0n) is 37.7. The van der Waals surface area contributed by atoms with Crippen LogP contribution in [0.4, 0.5) is 0 Å². The Morgan fingerprint density at radius 3 is 1.78 bits per heavy atom. The molecule has 1 rings (SSSR count). The molecule has 23 nitrogen and oxygen atoms in total. The minimum Gasteiger partial charge on any atom is -0.480 e. The Bertz CT molecular complexity index is 1580. The number of rotatable bonds is 28. The molecule has 63 heavy (non-hydrogen) atoms. The number of aliphatic imine (C=N–C) groups is 1. The van der Waals surface area contributed by atoms with E-state index in [0.29, 0.717) is 38.6 Å². The predicted molar refractivity (Wildman–Crippen MR) is 233 cm³/mol. The van der Waals surface area contributed by atoms with Crippen LogP contribution in [-0.4, -0.2) is 154 Å². The largest absolute Gasteiger partial charge is 0.480 e. The third-order valence-electron chi connectivity index (χ3n) is 10.7. The molecule has 1 aliphatic rings. The normalized spacial score (nSPS) is 18.5. The highest BCUT2D eigenvalue weighted by Crippen LogP contribution is 2.22. The van der Waals surface area contributed by atoms with Crippen LogP contribution in [0.3, 0.4) is 0 Å². The second kappa shape index (κ2) is 27.8. The van der Waals surface area contributed by atoms with Crippen molar-refractivity contribution in [3.05, 3.63) is 0 Å².